The van der Waals surface area contributed by atoms with Crippen LogP contribution in [0.25, 0.3) is 0 Å². The number of carbonyl (C=O) groups is 1. The lowest BCUT2D eigenvalue weighted by molar-refractivity contribution is 0.0637. The average molecular weight is 390 g/mol. The highest BCUT2D eigenvalue weighted by atomic mass is 79.9. The van der Waals surface area contributed by atoms with Crippen LogP contribution in [0.3, 0.4) is 0 Å². The van der Waals surface area contributed by atoms with E-state index in [2.05, 4.69) is 43.7 Å². The summed E-state index contributed by atoms with van der Waals surface area (Å²) in [7, 11) is 0. The molecular formula is C14H18Br2N2O. The Balaban J connectivity index is 2.01. The summed E-state index contributed by atoms with van der Waals surface area (Å²) >= 11 is 6.85. The van der Waals surface area contributed by atoms with Crippen LogP contribution in [0.4, 0.5) is 0 Å². The van der Waals surface area contributed by atoms with E-state index in [-0.39, 0.29) is 5.91 Å². The number of amides is 1. The first kappa shape index (κ1) is 15.0. The quantitative estimate of drug-likeness (QED) is 0.791. The molecule has 1 aliphatic heterocycles. The molecule has 0 aliphatic carbocycles. The minimum Gasteiger partial charge on any atom is -0.336 e. The van der Waals surface area contributed by atoms with Crippen molar-refractivity contribution < 1.29 is 4.79 Å². The van der Waals surface area contributed by atoms with Gasteiger partial charge in [-0.05, 0) is 31.2 Å². The van der Waals surface area contributed by atoms with Crippen LogP contribution < -0.4 is 0 Å². The number of piperazine rings is 1. The molecule has 1 heterocycles. The Bertz CT molecular complexity index is 437. The maximum atomic E-state index is 12.4. The fourth-order valence-corrected chi connectivity index (χ4v) is 3.64. The molecule has 1 fully saturated rings. The van der Waals surface area contributed by atoms with Gasteiger partial charge in [-0.1, -0.05) is 38.8 Å². The smallest absolute Gasteiger partial charge is 0.254 e. The number of nitrogens with zero attached hydrogens (tertiary/aromatic N) is 2. The van der Waals surface area contributed by atoms with Gasteiger partial charge in [-0.25, -0.2) is 0 Å². The normalized spacial score (nSPS) is 16.7. The standard InChI is InChI=1S/C14H18Br2N2O/c1-2-3-17-4-6-18(7-5-17)14(19)11-8-12(15)10-13(16)9-11/h8-10H,2-7H2,1H3. The summed E-state index contributed by atoms with van der Waals surface area (Å²) in [6.45, 7) is 6.93. The maximum Gasteiger partial charge on any atom is 0.254 e. The summed E-state index contributed by atoms with van der Waals surface area (Å²) in [5, 5.41) is 0. The first-order valence-electron chi connectivity index (χ1n) is 6.58. The zero-order valence-electron chi connectivity index (χ0n) is 11.0. The third-order valence-electron chi connectivity index (χ3n) is 3.31. The van der Waals surface area contributed by atoms with Crippen LogP contribution in [-0.2, 0) is 0 Å². The number of benzene rings is 1. The van der Waals surface area contributed by atoms with E-state index < -0.39 is 0 Å². The van der Waals surface area contributed by atoms with Crippen molar-refractivity contribution in [3.63, 3.8) is 0 Å². The Morgan fingerprint density at radius 1 is 1.11 bits per heavy atom. The molecule has 1 aliphatic rings. The first-order valence-corrected chi connectivity index (χ1v) is 8.16. The van der Waals surface area contributed by atoms with Crippen molar-refractivity contribution >= 4 is 37.8 Å². The predicted molar refractivity (Wildman–Crippen MR) is 84.5 cm³/mol. The summed E-state index contributed by atoms with van der Waals surface area (Å²) in [4.78, 5) is 16.8. The highest BCUT2D eigenvalue weighted by Gasteiger charge is 2.21. The fourth-order valence-electron chi connectivity index (χ4n) is 2.35. The number of hydrogen-bond acceptors (Lipinski definition) is 2. The summed E-state index contributed by atoms with van der Waals surface area (Å²) in [6, 6.07) is 5.70. The molecule has 0 unspecified atom stereocenters. The average Bonchev–Trinajstić information content (AvgIpc) is 2.38. The van der Waals surface area contributed by atoms with Gasteiger partial charge in [0.1, 0.15) is 0 Å². The number of hydrogen-bond donors (Lipinski definition) is 0. The van der Waals surface area contributed by atoms with Crippen molar-refractivity contribution in [1.29, 1.82) is 0 Å². The largest absolute Gasteiger partial charge is 0.336 e. The summed E-state index contributed by atoms with van der Waals surface area (Å²) in [6.07, 6.45) is 1.17. The van der Waals surface area contributed by atoms with Crippen LogP contribution in [-0.4, -0.2) is 48.4 Å². The summed E-state index contributed by atoms with van der Waals surface area (Å²) in [5.41, 5.74) is 0.741. The molecule has 1 aromatic rings. The number of halogens is 2. The van der Waals surface area contributed by atoms with Gasteiger partial charge in [-0.15, -0.1) is 0 Å². The molecular weight excluding hydrogens is 372 g/mol. The van der Waals surface area contributed by atoms with Crippen molar-refractivity contribution in [2.24, 2.45) is 0 Å². The van der Waals surface area contributed by atoms with Crippen molar-refractivity contribution in [3.8, 4) is 0 Å². The van der Waals surface area contributed by atoms with Crippen molar-refractivity contribution in [3.05, 3.63) is 32.7 Å². The SMILES string of the molecule is CCCN1CCN(C(=O)c2cc(Br)cc(Br)c2)CC1. The van der Waals surface area contributed by atoms with Crippen LogP contribution in [0, 0.1) is 0 Å². The lowest BCUT2D eigenvalue weighted by Gasteiger charge is -2.34. The van der Waals surface area contributed by atoms with Crippen LogP contribution in [0.15, 0.2) is 27.1 Å². The van der Waals surface area contributed by atoms with Gasteiger partial charge in [-0.2, -0.15) is 0 Å². The van der Waals surface area contributed by atoms with Gasteiger partial charge < -0.3 is 4.90 Å². The monoisotopic (exact) mass is 388 g/mol. The van der Waals surface area contributed by atoms with E-state index >= 15 is 0 Å². The van der Waals surface area contributed by atoms with E-state index in [1.165, 1.54) is 6.42 Å². The third-order valence-corrected chi connectivity index (χ3v) is 4.22. The van der Waals surface area contributed by atoms with Gasteiger partial charge >= 0.3 is 0 Å². The van der Waals surface area contributed by atoms with Crippen molar-refractivity contribution in [1.82, 2.24) is 9.80 Å². The molecule has 0 aromatic heterocycles. The zero-order chi connectivity index (χ0) is 13.8. The molecule has 1 saturated heterocycles. The summed E-state index contributed by atoms with van der Waals surface area (Å²) < 4.78 is 1.85. The molecule has 0 saturated carbocycles. The molecule has 0 spiro atoms. The molecule has 1 aromatic carbocycles. The molecule has 1 amide bonds. The van der Waals surface area contributed by atoms with Gasteiger partial charge in [0, 0.05) is 40.7 Å². The van der Waals surface area contributed by atoms with E-state index in [1.54, 1.807) is 0 Å². The van der Waals surface area contributed by atoms with Crippen LogP contribution in [0.2, 0.25) is 0 Å². The predicted octanol–water partition coefficient (Wildman–Crippen LogP) is 3.38. The first-order chi connectivity index (χ1) is 9.10. The molecule has 0 bridgehead atoms. The molecule has 0 radical (unpaired) electrons. The Hall–Kier alpha value is -0.390. The van der Waals surface area contributed by atoms with Gasteiger partial charge in [0.25, 0.3) is 5.91 Å². The number of rotatable bonds is 3. The third kappa shape index (κ3) is 4.04. The number of carbonyl (C=O) groups excluding carboxylic acids is 1. The minimum atomic E-state index is 0.123. The second kappa shape index (κ2) is 6.86. The van der Waals surface area contributed by atoms with E-state index in [0.29, 0.717) is 0 Å². The Kier molecular flexibility index (Phi) is 5.42. The topological polar surface area (TPSA) is 23.6 Å². The van der Waals surface area contributed by atoms with Gasteiger partial charge in [0.15, 0.2) is 0 Å². The lowest BCUT2D eigenvalue weighted by atomic mass is 10.2. The molecule has 104 valence electrons. The Labute approximate surface area is 131 Å². The Morgan fingerprint density at radius 3 is 2.21 bits per heavy atom. The van der Waals surface area contributed by atoms with E-state index in [0.717, 1.165) is 47.2 Å². The maximum absolute atomic E-state index is 12.4. The molecule has 5 heteroatoms. The lowest BCUT2D eigenvalue weighted by Crippen LogP contribution is -2.48. The minimum absolute atomic E-state index is 0.123. The molecule has 19 heavy (non-hydrogen) atoms. The molecule has 0 N–H and O–H groups in total. The molecule has 3 nitrogen and oxygen atoms in total. The van der Waals surface area contributed by atoms with E-state index in [9.17, 15) is 4.79 Å². The van der Waals surface area contributed by atoms with Gasteiger partial charge in [0.05, 0.1) is 0 Å². The fraction of sp³-hybridized carbons (Fsp3) is 0.500. The molecule has 0 atom stereocenters. The van der Waals surface area contributed by atoms with Crippen molar-refractivity contribution in [2.45, 2.75) is 13.3 Å². The Morgan fingerprint density at radius 2 is 1.68 bits per heavy atom. The zero-order valence-corrected chi connectivity index (χ0v) is 14.2. The van der Waals surface area contributed by atoms with Gasteiger partial charge in [-0.3, -0.25) is 9.69 Å². The highest BCUT2D eigenvalue weighted by Crippen LogP contribution is 2.21. The second-order valence-electron chi connectivity index (χ2n) is 4.79. The van der Waals surface area contributed by atoms with Crippen molar-refractivity contribution in [2.75, 3.05) is 32.7 Å². The van der Waals surface area contributed by atoms with Crippen LogP contribution in [0.5, 0.6) is 0 Å². The summed E-state index contributed by atoms with van der Waals surface area (Å²) in [5.74, 6) is 0.123. The van der Waals surface area contributed by atoms with E-state index in [1.807, 2.05) is 23.1 Å². The molecule has 2 rings (SSSR count). The van der Waals surface area contributed by atoms with Gasteiger partial charge in [0.2, 0.25) is 0 Å². The second-order valence-corrected chi connectivity index (χ2v) is 6.62. The highest BCUT2D eigenvalue weighted by molar-refractivity contribution is 9.11. The van der Waals surface area contributed by atoms with Crippen LogP contribution >= 0.6 is 31.9 Å². The van der Waals surface area contributed by atoms with Crippen LogP contribution in [0.1, 0.15) is 23.7 Å². The van der Waals surface area contributed by atoms with E-state index in [4.69, 9.17) is 0 Å².